The molecule has 0 atom stereocenters. The Morgan fingerprint density at radius 1 is 1.18 bits per heavy atom. The first-order valence-corrected chi connectivity index (χ1v) is 7.38. The number of benzene rings is 2. The molecule has 1 heterocycles. The van der Waals surface area contributed by atoms with Gasteiger partial charge in [-0.15, -0.1) is 11.3 Å². The lowest BCUT2D eigenvalue weighted by Gasteiger charge is -2.03. The van der Waals surface area contributed by atoms with Crippen LogP contribution in [0.3, 0.4) is 0 Å². The number of hydrogen-bond donors (Lipinski definition) is 2. The minimum Gasteiger partial charge on any atom is -0.366 e. The molecular weight excluding hydrogens is 301 g/mol. The fourth-order valence-electron chi connectivity index (χ4n) is 1.99. The molecule has 2 aromatic carbocycles. The van der Waals surface area contributed by atoms with E-state index in [1.54, 1.807) is 30.3 Å². The molecule has 0 radical (unpaired) electrons. The highest BCUT2D eigenvalue weighted by Gasteiger charge is 2.07. The molecule has 0 aliphatic rings. The van der Waals surface area contributed by atoms with Gasteiger partial charge in [0, 0.05) is 22.2 Å². The van der Waals surface area contributed by atoms with Gasteiger partial charge in [-0.1, -0.05) is 18.2 Å². The van der Waals surface area contributed by atoms with E-state index in [0.717, 1.165) is 11.3 Å². The molecule has 3 aromatic rings. The second-order valence-electron chi connectivity index (χ2n) is 4.62. The zero-order valence-electron chi connectivity index (χ0n) is 11.4. The zero-order valence-corrected chi connectivity index (χ0v) is 12.2. The molecule has 0 saturated heterocycles. The largest absolute Gasteiger partial charge is 0.366 e. The van der Waals surface area contributed by atoms with Crippen molar-refractivity contribution in [3.05, 3.63) is 65.3 Å². The topological polar surface area (TPSA) is 68.0 Å². The lowest BCUT2D eigenvalue weighted by Crippen LogP contribution is -2.10. The number of nitrogens with zero attached hydrogens (tertiary/aromatic N) is 1. The van der Waals surface area contributed by atoms with Crippen LogP contribution in [0.25, 0.3) is 11.3 Å². The van der Waals surface area contributed by atoms with Gasteiger partial charge in [0.15, 0.2) is 5.13 Å². The number of carbonyl (C=O) groups excluding carboxylic acids is 1. The fourth-order valence-corrected chi connectivity index (χ4v) is 2.73. The summed E-state index contributed by atoms with van der Waals surface area (Å²) < 4.78 is 13.2. The minimum atomic E-state index is -0.483. The molecule has 6 heteroatoms. The van der Waals surface area contributed by atoms with Gasteiger partial charge in [-0.25, -0.2) is 9.37 Å². The molecule has 110 valence electrons. The van der Waals surface area contributed by atoms with Gasteiger partial charge in [0.25, 0.3) is 0 Å². The van der Waals surface area contributed by atoms with E-state index in [4.69, 9.17) is 5.73 Å². The van der Waals surface area contributed by atoms with Crippen molar-refractivity contribution in [3.8, 4) is 11.3 Å². The minimum absolute atomic E-state index is 0.297. The molecule has 0 bridgehead atoms. The predicted molar refractivity (Wildman–Crippen MR) is 85.8 cm³/mol. The summed E-state index contributed by atoms with van der Waals surface area (Å²) in [5, 5.41) is 5.61. The number of hydrogen-bond acceptors (Lipinski definition) is 4. The van der Waals surface area contributed by atoms with Crippen molar-refractivity contribution in [1.82, 2.24) is 4.98 Å². The van der Waals surface area contributed by atoms with E-state index in [1.165, 1.54) is 23.5 Å². The highest BCUT2D eigenvalue weighted by atomic mass is 32.1. The molecule has 4 nitrogen and oxygen atoms in total. The molecule has 1 amide bonds. The van der Waals surface area contributed by atoms with Crippen molar-refractivity contribution < 1.29 is 9.18 Å². The number of aromatic nitrogens is 1. The number of amides is 1. The molecular formula is C16H12FN3OS. The second-order valence-corrected chi connectivity index (χ2v) is 5.48. The predicted octanol–water partition coefficient (Wildman–Crippen LogP) is 3.79. The van der Waals surface area contributed by atoms with E-state index in [1.807, 2.05) is 11.4 Å². The number of anilines is 2. The first kappa shape index (κ1) is 14.2. The van der Waals surface area contributed by atoms with E-state index in [9.17, 15) is 9.18 Å². The summed E-state index contributed by atoms with van der Waals surface area (Å²) in [5.74, 6) is -0.780. The fraction of sp³-hybridized carbons (Fsp3) is 0. The lowest BCUT2D eigenvalue weighted by molar-refractivity contribution is 0.100. The molecule has 0 fully saturated rings. The van der Waals surface area contributed by atoms with Gasteiger partial charge in [0.2, 0.25) is 5.91 Å². The molecule has 0 aliphatic carbocycles. The number of primary amides is 1. The highest BCUT2D eigenvalue weighted by molar-refractivity contribution is 7.14. The SMILES string of the molecule is NC(=O)c1cccc(Nc2nc(-c3cccc(F)c3)cs2)c1. The zero-order chi connectivity index (χ0) is 15.5. The van der Waals surface area contributed by atoms with E-state index < -0.39 is 5.91 Å². The van der Waals surface area contributed by atoms with Crippen molar-refractivity contribution >= 4 is 28.1 Å². The van der Waals surface area contributed by atoms with E-state index in [2.05, 4.69) is 10.3 Å². The van der Waals surface area contributed by atoms with Crippen LogP contribution in [0.2, 0.25) is 0 Å². The molecule has 0 unspecified atom stereocenters. The van der Waals surface area contributed by atoms with Gasteiger partial charge in [0.05, 0.1) is 5.69 Å². The number of nitrogens with one attached hydrogen (secondary N) is 1. The number of carbonyl (C=O) groups is 1. The van der Waals surface area contributed by atoms with Crippen molar-refractivity contribution in [2.75, 3.05) is 5.32 Å². The van der Waals surface area contributed by atoms with Crippen LogP contribution < -0.4 is 11.1 Å². The maximum Gasteiger partial charge on any atom is 0.248 e. The Bertz CT molecular complexity index is 832. The van der Waals surface area contributed by atoms with E-state index >= 15 is 0 Å². The third-order valence-corrected chi connectivity index (χ3v) is 3.78. The first-order valence-electron chi connectivity index (χ1n) is 6.50. The molecule has 3 rings (SSSR count). The van der Waals surface area contributed by atoms with Crippen LogP contribution in [-0.2, 0) is 0 Å². The maximum atomic E-state index is 13.2. The Labute approximate surface area is 130 Å². The highest BCUT2D eigenvalue weighted by Crippen LogP contribution is 2.27. The number of rotatable bonds is 4. The Hall–Kier alpha value is -2.73. The summed E-state index contributed by atoms with van der Waals surface area (Å²) in [7, 11) is 0. The smallest absolute Gasteiger partial charge is 0.248 e. The van der Waals surface area contributed by atoms with E-state index in [0.29, 0.717) is 16.4 Å². The second kappa shape index (κ2) is 5.95. The van der Waals surface area contributed by atoms with Crippen molar-refractivity contribution in [3.63, 3.8) is 0 Å². The summed E-state index contributed by atoms with van der Waals surface area (Å²) in [5.41, 5.74) is 7.81. The standard InChI is InChI=1S/C16H12FN3OS/c17-12-5-1-3-10(7-12)14-9-22-16(20-14)19-13-6-2-4-11(8-13)15(18)21/h1-9H,(H2,18,21)(H,19,20). The molecule has 22 heavy (non-hydrogen) atoms. The normalized spacial score (nSPS) is 10.4. The third-order valence-electron chi connectivity index (χ3n) is 3.02. The van der Waals surface area contributed by atoms with Crippen LogP contribution >= 0.6 is 11.3 Å². The summed E-state index contributed by atoms with van der Waals surface area (Å²) >= 11 is 1.40. The van der Waals surface area contributed by atoms with Crippen LogP contribution in [0.1, 0.15) is 10.4 Å². The van der Waals surface area contributed by atoms with E-state index in [-0.39, 0.29) is 5.82 Å². The van der Waals surface area contributed by atoms with Crippen molar-refractivity contribution in [2.24, 2.45) is 5.73 Å². The summed E-state index contributed by atoms with van der Waals surface area (Å²) in [4.78, 5) is 15.6. The lowest BCUT2D eigenvalue weighted by atomic mass is 10.2. The van der Waals surface area contributed by atoms with Crippen LogP contribution in [0.5, 0.6) is 0 Å². The van der Waals surface area contributed by atoms with Gasteiger partial charge in [-0.3, -0.25) is 4.79 Å². The van der Waals surface area contributed by atoms with Gasteiger partial charge < -0.3 is 11.1 Å². The average Bonchev–Trinajstić information content (AvgIpc) is 2.96. The summed E-state index contributed by atoms with van der Waals surface area (Å²) in [6.07, 6.45) is 0. The number of nitrogens with two attached hydrogens (primary N) is 1. The molecule has 0 aliphatic heterocycles. The Kier molecular flexibility index (Phi) is 3.84. The number of halogens is 1. The Balaban J connectivity index is 1.83. The summed E-state index contributed by atoms with van der Waals surface area (Å²) in [6.45, 7) is 0. The molecule has 0 spiro atoms. The average molecular weight is 313 g/mol. The van der Waals surface area contributed by atoms with Crippen molar-refractivity contribution in [2.45, 2.75) is 0 Å². The summed E-state index contributed by atoms with van der Waals surface area (Å²) in [6, 6.07) is 13.1. The van der Waals surface area contributed by atoms with Crippen LogP contribution in [0, 0.1) is 5.82 Å². The van der Waals surface area contributed by atoms with Gasteiger partial charge in [-0.05, 0) is 30.3 Å². The maximum absolute atomic E-state index is 13.2. The van der Waals surface area contributed by atoms with Gasteiger partial charge in [0.1, 0.15) is 5.82 Å². The van der Waals surface area contributed by atoms with Crippen LogP contribution in [-0.4, -0.2) is 10.9 Å². The van der Waals surface area contributed by atoms with Gasteiger partial charge in [-0.2, -0.15) is 0 Å². The van der Waals surface area contributed by atoms with Crippen molar-refractivity contribution in [1.29, 1.82) is 0 Å². The monoisotopic (exact) mass is 313 g/mol. The third kappa shape index (κ3) is 3.12. The Morgan fingerprint density at radius 2 is 2.00 bits per heavy atom. The quantitative estimate of drug-likeness (QED) is 0.770. The molecule has 1 aromatic heterocycles. The van der Waals surface area contributed by atoms with Gasteiger partial charge >= 0.3 is 0 Å². The molecule has 3 N–H and O–H groups in total. The van der Waals surface area contributed by atoms with Crippen LogP contribution in [0.4, 0.5) is 15.2 Å². The molecule has 0 saturated carbocycles. The Morgan fingerprint density at radius 3 is 2.77 bits per heavy atom. The first-order chi connectivity index (χ1) is 10.6. The number of thiazole rings is 1. The van der Waals surface area contributed by atoms with Crippen LogP contribution in [0.15, 0.2) is 53.9 Å².